The average Bonchev–Trinajstić information content (AvgIpc) is 2.65. The minimum absolute atomic E-state index is 0.469. The molecule has 0 saturated heterocycles. The second-order valence-electron chi connectivity index (χ2n) is 6.39. The quantitative estimate of drug-likeness (QED) is 0.594. The first-order valence-electron chi connectivity index (χ1n) is 8.94. The molecule has 0 radical (unpaired) electrons. The molecule has 2 N–H and O–H groups in total. The zero-order valence-corrected chi connectivity index (χ0v) is 15.7. The number of rotatable bonds is 7. The van der Waals surface area contributed by atoms with Crippen LogP contribution in [0, 0.1) is 0 Å². The lowest BCUT2D eigenvalue weighted by Gasteiger charge is -2.12. The highest BCUT2D eigenvalue weighted by Gasteiger charge is 2.14. The first-order valence-corrected chi connectivity index (χ1v) is 8.94. The molecular weight excluding hydrogens is 326 g/mol. The number of nitrogens with zero attached hydrogens (tertiary/aromatic N) is 1. The zero-order valence-electron chi connectivity index (χ0n) is 15.7. The predicted octanol–water partition coefficient (Wildman–Crippen LogP) is 3.00. The Labute approximate surface area is 155 Å². The number of amides is 2. The minimum Gasteiger partial charge on any atom is -0.378 e. The molecule has 0 spiro atoms. The zero-order chi connectivity index (χ0) is 18.9. The van der Waals surface area contributed by atoms with E-state index in [4.69, 9.17) is 0 Å². The Kier molecular flexibility index (Phi) is 7.21. The molecule has 0 saturated carbocycles. The summed E-state index contributed by atoms with van der Waals surface area (Å²) in [6, 6.07) is 15.8. The molecule has 0 aliphatic heterocycles. The van der Waals surface area contributed by atoms with E-state index in [2.05, 4.69) is 39.8 Å². The van der Waals surface area contributed by atoms with E-state index in [1.54, 1.807) is 6.07 Å². The van der Waals surface area contributed by atoms with Gasteiger partial charge in [-0.15, -0.1) is 0 Å². The van der Waals surface area contributed by atoms with Crippen LogP contribution < -0.4 is 15.5 Å². The van der Waals surface area contributed by atoms with Crippen molar-refractivity contribution in [1.29, 1.82) is 0 Å². The Balaban J connectivity index is 1.75. The summed E-state index contributed by atoms with van der Waals surface area (Å²) >= 11 is 0. The number of carbonyl (C=O) groups excluding carboxylic acids is 2. The van der Waals surface area contributed by atoms with Gasteiger partial charge in [-0.25, -0.2) is 0 Å². The summed E-state index contributed by atoms with van der Waals surface area (Å²) in [5.74, 6) is -1.22. The number of aryl methyl sites for hydroxylation is 2. The summed E-state index contributed by atoms with van der Waals surface area (Å²) in [7, 11) is 4.02. The van der Waals surface area contributed by atoms with Gasteiger partial charge in [-0.1, -0.05) is 37.3 Å². The molecule has 0 heterocycles. The fraction of sp³-hybridized carbons (Fsp3) is 0.333. The SMILES string of the molecule is CCc1ccccc1NC(=O)C(=O)NCCCc1ccc(N(C)C)cc1. The summed E-state index contributed by atoms with van der Waals surface area (Å²) in [5.41, 5.74) is 4.07. The molecule has 26 heavy (non-hydrogen) atoms. The Morgan fingerprint density at radius 3 is 2.31 bits per heavy atom. The molecular formula is C21H27N3O2. The lowest BCUT2D eigenvalue weighted by atomic mass is 10.1. The van der Waals surface area contributed by atoms with Crippen LogP contribution in [0.3, 0.4) is 0 Å². The molecule has 5 nitrogen and oxygen atoms in total. The van der Waals surface area contributed by atoms with Crippen molar-refractivity contribution in [2.45, 2.75) is 26.2 Å². The molecule has 0 aromatic heterocycles. The Hall–Kier alpha value is -2.82. The van der Waals surface area contributed by atoms with Gasteiger partial charge < -0.3 is 15.5 Å². The van der Waals surface area contributed by atoms with Crippen molar-refractivity contribution in [3.63, 3.8) is 0 Å². The largest absolute Gasteiger partial charge is 0.378 e. The number of benzene rings is 2. The lowest BCUT2D eigenvalue weighted by molar-refractivity contribution is -0.136. The second-order valence-corrected chi connectivity index (χ2v) is 6.39. The van der Waals surface area contributed by atoms with Crippen molar-refractivity contribution in [2.75, 3.05) is 30.9 Å². The van der Waals surface area contributed by atoms with Gasteiger partial charge in [-0.05, 0) is 48.6 Å². The highest BCUT2D eigenvalue weighted by atomic mass is 16.2. The van der Waals surface area contributed by atoms with E-state index in [9.17, 15) is 9.59 Å². The first-order chi connectivity index (χ1) is 12.5. The summed E-state index contributed by atoms with van der Waals surface area (Å²) in [6.45, 7) is 2.48. The van der Waals surface area contributed by atoms with Crippen LogP contribution in [0.1, 0.15) is 24.5 Å². The standard InChI is InChI=1S/C21H27N3O2/c1-4-17-9-5-6-10-19(17)23-21(26)20(25)22-15-7-8-16-11-13-18(14-12-16)24(2)3/h5-6,9-14H,4,7-8,15H2,1-3H3,(H,22,25)(H,23,26). The third-order valence-corrected chi connectivity index (χ3v) is 4.23. The number of para-hydroxylation sites is 1. The van der Waals surface area contributed by atoms with Gasteiger partial charge in [0.25, 0.3) is 0 Å². The van der Waals surface area contributed by atoms with Crippen molar-refractivity contribution in [2.24, 2.45) is 0 Å². The highest BCUT2D eigenvalue weighted by molar-refractivity contribution is 6.39. The van der Waals surface area contributed by atoms with Gasteiger partial charge in [0, 0.05) is 32.0 Å². The minimum atomic E-state index is -0.624. The van der Waals surface area contributed by atoms with Crippen LogP contribution in [0.5, 0.6) is 0 Å². The average molecular weight is 353 g/mol. The van der Waals surface area contributed by atoms with Crippen molar-refractivity contribution >= 4 is 23.2 Å². The lowest BCUT2D eigenvalue weighted by Crippen LogP contribution is -2.36. The van der Waals surface area contributed by atoms with Crippen molar-refractivity contribution in [3.8, 4) is 0 Å². The number of hydrogen-bond acceptors (Lipinski definition) is 3. The van der Waals surface area contributed by atoms with Crippen LogP contribution in [0.4, 0.5) is 11.4 Å². The molecule has 2 rings (SSSR count). The third-order valence-electron chi connectivity index (χ3n) is 4.23. The molecule has 0 atom stereocenters. The summed E-state index contributed by atoms with van der Waals surface area (Å²) in [6.07, 6.45) is 2.44. The molecule has 0 fully saturated rings. The van der Waals surface area contributed by atoms with Gasteiger partial charge >= 0.3 is 11.8 Å². The normalized spacial score (nSPS) is 10.3. The molecule has 2 aromatic rings. The van der Waals surface area contributed by atoms with Gasteiger partial charge in [0.05, 0.1) is 0 Å². The van der Waals surface area contributed by atoms with Gasteiger partial charge in [-0.3, -0.25) is 9.59 Å². The highest BCUT2D eigenvalue weighted by Crippen LogP contribution is 2.15. The second kappa shape index (κ2) is 9.61. The molecule has 2 aromatic carbocycles. The fourth-order valence-electron chi connectivity index (χ4n) is 2.67. The maximum atomic E-state index is 12.0. The number of anilines is 2. The molecule has 0 aliphatic rings. The van der Waals surface area contributed by atoms with Gasteiger partial charge in [0.2, 0.25) is 0 Å². The summed E-state index contributed by atoms with van der Waals surface area (Å²) < 4.78 is 0. The number of carbonyl (C=O) groups is 2. The van der Waals surface area contributed by atoms with E-state index in [0.29, 0.717) is 12.2 Å². The van der Waals surface area contributed by atoms with Crippen molar-refractivity contribution < 1.29 is 9.59 Å². The molecule has 5 heteroatoms. The topological polar surface area (TPSA) is 61.4 Å². The predicted molar refractivity (Wildman–Crippen MR) is 107 cm³/mol. The van der Waals surface area contributed by atoms with E-state index < -0.39 is 11.8 Å². The van der Waals surface area contributed by atoms with Crippen LogP contribution >= 0.6 is 0 Å². The third kappa shape index (κ3) is 5.62. The van der Waals surface area contributed by atoms with Gasteiger partial charge in [0.15, 0.2) is 0 Å². The molecule has 0 bridgehead atoms. The first kappa shape index (κ1) is 19.5. The van der Waals surface area contributed by atoms with E-state index in [1.165, 1.54) is 5.56 Å². The van der Waals surface area contributed by atoms with E-state index >= 15 is 0 Å². The number of nitrogens with one attached hydrogen (secondary N) is 2. The maximum absolute atomic E-state index is 12.0. The monoisotopic (exact) mass is 353 g/mol. The van der Waals surface area contributed by atoms with E-state index in [0.717, 1.165) is 30.5 Å². The molecule has 0 aliphatic carbocycles. The smallest absolute Gasteiger partial charge is 0.313 e. The molecule has 0 unspecified atom stereocenters. The van der Waals surface area contributed by atoms with E-state index in [-0.39, 0.29) is 0 Å². The Bertz CT molecular complexity index is 739. The Morgan fingerprint density at radius 2 is 1.65 bits per heavy atom. The molecule has 138 valence electrons. The van der Waals surface area contributed by atoms with Crippen LogP contribution in [0.2, 0.25) is 0 Å². The summed E-state index contributed by atoms with van der Waals surface area (Å²) in [4.78, 5) is 26.0. The van der Waals surface area contributed by atoms with Crippen LogP contribution in [-0.4, -0.2) is 32.5 Å². The summed E-state index contributed by atoms with van der Waals surface area (Å²) in [5, 5.41) is 5.36. The molecule has 2 amide bonds. The van der Waals surface area contributed by atoms with Crippen molar-refractivity contribution in [3.05, 3.63) is 59.7 Å². The number of hydrogen-bond donors (Lipinski definition) is 2. The van der Waals surface area contributed by atoms with Crippen molar-refractivity contribution in [1.82, 2.24) is 5.32 Å². The van der Waals surface area contributed by atoms with Crippen LogP contribution in [-0.2, 0) is 22.4 Å². The van der Waals surface area contributed by atoms with E-state index in [1.807, 2.05) is 39.2 Å². The maximum Gasteiger partial charge on any atom is 0.313 e. The van der Waals surface area contributed by atoms with Gasteiger partial charge in [-0.2, -0.15) is 0 Å². The Morgan fingerprint density at radius 1 is 0.962 bits per heavy atom. The van der Waals surface area contributed by atoms with Crippen LogP contribution in [0.25, 0.3) is 0 Å². The van der Waals surface area contributed by atoms with Gasteiger partial charge in [0.1, 0.15) is 0 Å². The fourth-order valence-corrected chi connectivity index (χ4v) is 2.67. The van der Waals surface area contributed by atoms with Crippen LogP contribution in [0.15, 0.2) is 48.5 Å².